The summed E-state index contributed by atoms with van der Waals surface area (Å²) >= 11 is 0. The molecule has 0 fully saturated rings. The van der Waals surface area contributed by atoms with Crippen LogP contribution in [0.3, 0.4) is 0 Å². The van der Waals surface area contributed by atoms with E-state index in [1.54, 1.807) is 6.07 Å². The highest BCUT2D eigenvalue weighted by Gasteiger charge is 2.13. The Kier molecular flexibility index (Phi) is 6.24. The van der Waals surface area contributed by atoms with Crippen LogP contribution in [0.5, 0.6) is 0 Å². The number of carbonyl (C=O) groups is 3. The first-order chi connectivity index (χ1) is 13.9. The second-order valence-corrected chi connectivity index (χ2v) is 6.77. The van der Waals surface area contributed by atoms with Gasteiger partial charge in [0, 0.05) is 5.69 Å². The number of benzene rings is 3. The Labute approximate surface area is 168 Å². The lowest BCUT2D eigenvalue weighted by atomic mass is 10.1. The minimum Gasteiger partial charge on any atom is -0.455 e. The van der Waals surface area contributed by atoms with Crippen molar-refractivity contribution >= 4 is 34.4 Å². The van der Waals surface area contributed by atoms with Gasteiger partial charge in [-0.15, -0.1) is 0 Å². The van der Waals surface area contributed by atoms with E-state index < -0.39 is 24.5 Å². The van der Waals surface area contributed by atoms with E-state index in [1.807, 2.05) is 68.4 Å². The third-order valence-corrected chi connectivity index (χ3v) is 4.63. The summed E-state index contributed by atoms with van der Waals surface area (Å²) in [7, 11) is 0. The molecule has 0 saturated heterocycles. The van der Waals surface area contributed by atoms with E-state index in [0.717, 1.165) is 27.5 Å². The van der Waals surface area contributed by atoms with Crippen LogP contribution in [0.25, 0.3) is 10.8 Å². The largest absolute Gasteiger partial charge is 0.455 e. The monoisotopic (exact) mass is 390 g/mol. The fourth-order valence-corrected chi connectivity index (χ4v) is 2.92. The van der Waals surface area contributed by atoms with Crippen LogP contribution in [-0.2, 0) is 20.7 Å². The zero-order chi connectivity index (χ0) is 20.8. The first-order valence-corrected chi connectivity index (χ1v) is 9.23. The third kappa shape index (κ3) is 5.42. The summed E-state index contributed by atoms with van der Waals surface area (Å²) < 4.78 is 4.98. The van der Waals surface area contributed by atoms with E-state index in [1.165, 1.54) is 0 Å². The SMILES string of the molecule is Cc1cccc(NC(=O)NC(=O)COC(=O)Cc2ccc3ccccc3c2)c1C. The van der Waals surface area contributed by atoms with Crippen LogP contribution < -0.4 is 10.6 Å². The predicted molar refractivity (Wildman–Crippen MR) is 112 cm³/mol. The fourth-order valence-electron chi connectivity index (χ4n) is 2.92. The Bertz CT molecular complexity index is 1080. The van der Waals surface area contributed by atoms with Crippen LogP contribution in [0.4, 0.5) is 10.5 Å². The van der Waals surface area contributed by atoms with Crippen molar-refractivity contribution in [3.8, 4) is 0 Å². The maximum Gasteiger partial charge on any atom is 0.325 e. The summed E-state index contributed by atoms with van der Waals surface area (Å²) in [4.78, 5) is 35.9. The van der Waals surface area contributed by atoms with Crippen molar-refractivity contribution in [2.45, 2.75) is 20.3 Å². The first kappa shape index (κ1) is 20.1. The maximum atomic E-state index is 12.0. The molecule has 3 amide bonds. The molecule has 6 nitrogen and oxygen atoms in total. The molecule has 3 aromatic carbocycles. The quantitative estimate of drug-likeness (QED) is 0.648. The van der Waals surface area contributed by atoms with Gasteiger partial charge in [0.05, 0.1) is 6.42 Å². The summed E-state index contributed by atoms with van der Waals surface area (Å²) in [6.45, 7) is 3.28. The highest BCUT2D eigenvalue weighted by atomic mass is 16.5. The van der Waals surface area contributed by atoms with Crippen LogP contribution in [0.1, 0.15) is 16.7 Å². The highest BCUT2D eigenvalue weighted by Crippen LogP contribution is 2.18. The number of urea groups is 1. The molecular formula is C23H22N2O4. The zero-order valence-corrected chi connectivity index (χ0v) is 16.3. The van der Waals surface area contributed by atoms with E-state index in [4.69, 9.17) is 4.74 Å². The number of ether oxygens (including phenoxy) is 1. The molecular weight excluding hydrogens is 368 g/mol. The molecule has 0 saturated carbocycles. The molecule has 3 aromatic rings. The van der Waals surface area contributed by atoms with E-state index in [0.29, 0.717) is 5.69 Å². The number of hydrogen-bond acceptors (Lipinski definition) is 4. The summed E-state index contributed by atoms with van der Waals surface area (Å²) in [6.07, 6.45) is 0.0484. The minimum atomic E-state index is -0.695. The van der Waals surface area contributed by atoms with Crippen LogP contribution in [0.2, 0.25) is 0 Å². The number of imide groups is 1. The molecule has 0 radical (unpaired) electrons. The number of hydrogen-bond donors (Lipinski definition) is 2. The van der Waals surface area contributed by atoms with Gasteiger partial charge in [0.15, 0.2) is 6.61 Å². The Morgan fingerprint density at radius 1 is 0.897 bits per heavy atom. The second-order valence-electron chi connectivity index (χ2n) is 6.77. The molecule has 0 aromatic heterocycles. The minimum absolute atomic E-state index is 0.0484. The average Bonchev–Trinajstić information content (AvgIpc) is 2.70. The van der Waals surface area contributed by atoms with Gasteiger partial charge in [-0.3, -0.25) is 14.9 Å². The third-order valence-electron chi connectivity index (χ3n) is 4.63. The lowest BCUT2D eigenvalue weighted by Gasteiger charge is -2.11. The van der Waals surface area contributed by atoms with Crippen molar-refractivity contribution in [2.24, 2.45) is 0 Å². The van der Waals surface area contributed by atoms with Gasteiger partial charge in [0.2, 0.25) is 0 Å². The van der Waals surface area contributed by atoms with Crippen molar-refractivity contribution < 1.29 is 19.1 Å². The number of amides is 3. The molecule has 0 atom stereocenters. The fraction of sp³-hybridized carbons (Fsp3) is 0.174. The van der Waals surface area contributed by atoms with Crippen LogP contribution in [0.15, 0.2) is 60.7 Å². The van der Waals surface area contributed by atoms with Gasteiger partial charge in [-0.2, -0.15) is 0 Å². The van der Waals surface area contributed by atoms with Crippen molar-refractivity contribution in [3.05, 3.63) is 77.4 Å². The van der Waals surface area contributed by atoms with Crippen LogP contribution >= 0.6 is 0 Å². The van der Waals surface area contributed by atoms with Gasteiger partial charge in [-0.05, 0) is 47.4 Å². The van der Waals surface area contributed by atoms with Gasteiger partial charge in [-0.25, -0.2) is 4.79 Å². The molecule has 0 unspecified atom stereocenters. The van der Waals surface area contributed by atoms with Crippen molar-refractivity contribution in [3.63, 3.8) is 0 Å². The van der Waals surface area contributed by atoms with Gasteiger partial charge >= 0.3 is 12.0 Å². The zero-order valence-electron chi connectivity index (χ0n) is 16.3. The number of anilines is 1. The normalized spacial score (nSPS) is 10.4. The number of carbonyl (C=O) groups excluding carboxylic acids is 3. The molecule has 148 valence electrons. The van der Waals surface area contributed by atoms with Crippen molar-refractivity contribution in [2.75, 3.05) is 11.9 Å². The summed E-state index contributed by atoms with van der Waals surface area (Å²) in [5, 5.41) is 6.88. The summed E-state index contributed by atoms with van der Waals surface area (Å²) in [6, 6.07) is 18.3. The molecule has 29 heavy (non-hydrogen) atoms. The van der Waals surface area contributed by atoms with Crippen molar-refractivity contribution in [1.29, 1.82) is 0 Å². The smallest absolute Gasteiger partial charge is 0.325 e. The standard InChI is InChI=1S/C23H22N2O4/c1-15-6-5-9-20(16(15)2)24-23(28)25-21(26)14-29-22(27)13-17-10-11-18-7-3-4-8-19(18)12-17/h3-12H,13-14H2,1-2H3,(H2,24,25,26,28). The lowest BCUT2D eigenvalue weighted by molar-refractivity contribution is -0.147. The van der Waals surface area contributed by atoms with E-state index >= 15 is 0 Å². The number of nitrogens with one attached hydrogen (secondary N) is 2. The van der Waals surface area contributed by atoms with Gasteiger partial charge < -0.3 is 10.1 Å². The summed E-state index contributed by atoms with van der Waals surface area (Å²) in [5.41, 5.74) is 3.35. The average molecular weight is 390 g/mol. The molecule has 0 aliphatic carbocycles. The molecule has 3 rings (SSSR count). The molecule has 0 aliphatic heterocycles. The second kappa shape index (κ2) is 9.01. The molecule has 2 N–H and O–H groups in total. The van der Waals surface area contributed by atoms with Gasteiger partial charge in [-0.1, -0.05) is 54.6 Å². The maximum absolute atomic E-state index is 12.0. The Hall–Kier alpha value is -3.67. The lowest BCUT2D eigenvalue weighted by Crippen LogP contribution is -2.37. The number of rotatable bonds is 5. The Balaban J connectivity index is 1.47. The molecule has 0 spiro atoms. The van der Waals surface area contributed by atoms with Gasteiger partial charge in [0.25, 0.3) is 5.91 Å². The summed E-state index contributed by atoms with van der Waals surface area (Å²) in [5.74, 6) is -1.23. The van der Waals surface area contributed by atoms with Crippen LogP contribution in [0, 0.1) is 13.8 Å². The molecule has 0 aliphatic rings. The molecule has 0 bridgehead atoms. The van der Waals surface area contributed by atoms with E-state index in [-0.39, 0.29) is 6.42 Å². The topological polar surface area (TPSA) is 84.5 Å². The van der Waals surface area contributed by atoms with Crippen LogP contribution in [-0.4, -0.2) is 24.5 Å². The van der Waals surface area contributed by atoms with E-state index in [9.17, 15) is 14.4 Å². The molecule has 0 heterocycles. The number of esters is 1. The highest BCUT2D eigenvalue weighted by molar-refractivity contribution is 6.02. The number of aryl methyl sites for hydroxylation is 1. The number of fused-ring (bicyclic) bond motifs is 1. The predicted octanol–water partition coefficient (Wildman–Crippen LogP) is 3.89. The van der Waals surface area contributed by atoms with Gasteiger partial charge in [0.1, 0.15) is 0 Å². The first-order valence-electron chi connectivity index (χ1n) is 9.23. The Morgan fingerprint density at radius 3 is 2.45 bits per heavy atom. The molecule has 6 heteroatoms. The Morgan fingerprint density at radius 2 is 1.66 bits per heavy atom. The van der Waals surface area contributed by atoms with Crippen molar-refractivity contribution in [1.82, 2.24) is 5.32 Å². The van der Waals surface area contributed by atoms with E-state index in [2.05, 4.69) is 10.6 Å².